The quantitative estimate of drug-likeness (QED) is 0.854. The van der Waals surface area contributed by atoms with Gasteiger partial charge in [-0.1, -0.05) is 30.3 Å². The zero-order chi connectivity index (χ0) is 13.4. The molecule has 0 saturated heterocycles. The van der Waals surface area contributed by atoms with Crippen molar-refractivity contribution in [3.8, 4) is 11.4 Å². The fourth-order valence-electron chi connectivity index (χ4n) is 2.44. The molecule has 96 valence electrons. The van der Waals surface area contributed by atoms with Crippen molar-refractivity contribution in [2.24, 2.45) is 0 Å². The van der Waals surface area contributed by atoms with Gasteiger partial charge in [-0.05, 0) is 12.8 Å². The Morgan fingerprint density at radius 2 is 2.05 bits per heavy atom. The lowest BCUT2D eigenvalue weighted by molar-refractivity contribution is -0.138. The second-order valence-electron chi connectivity index (χ2n) is 4.57. The number of carboxylic acids is 1. The van der Waals surface area contributed by atoms with Crippen LogP contribution in [-0.2, 0) is 11.2 Å². The number of hydrogen-bond donors (Lipinski definition) is 2. The van der Waals surface area contributed by atoms with Crippen molar-refractivity contribution < 1.29 is 9.90 Å². The van der Waals surface area contributed by atoms with Crippen LogP contribution in [0.15, 0.2) is 35.1 Å². The van der Waals surface area contributed by atoms with E-state index in [4.69, 9.17) is 5.11 Å². The number of benzene rings is 1. The standard InChI is InChI=1S/C14H12N2O3/c17-13-9-6-7-10(14(18)19)11(9)15-12(16-13)8-4-2-1-3-5-8/h1-5,10H,6-7H2,(H,18,19)(H,15,16,17). The average Bonchev–Trinajstić information content (AvgIpc) is 2.84. The van der Waals surface area contributed by atoms with Gasteiger partial charge < -0.3 is 10.1 Å². The van der Waals surface area contributed by atoms with Crippen LogP contribution in [0.5, 0.6) is 0 Å². The van der Waals surface area contributed by atoms with Crippen molar-refractivity contribution in [1.29, 1.82) is 0 Å². The molecule has 1 aliphatic rings. The van der Waals surface area contributed by atoms with Gasteiger partial charge in [-0.25, -0.2) is 4.98 Å². The van der Waals surface area contributed by atoms with Crippen LogP contribution in [0.1, 0.15) is 23.6 Å². The summed E-state index contributed by atoms with van der Waals surface area (Å²) in [6.07, 6.45) is 0.919. The predicted molar refractivity (Wildman–Crippen MR) is 69.0 cm³/mol. The maximum atomic E-state index is 12.0. The fourth-order valence-corrected chi connectivity index (χ4v) is 2.44. The molecule has 2 N–H and O–H groups in total. The molecule has 1 heterocycles. The number of aromatic amines is 1. The highest BCUT2D eigenvalue weighted by molar-refractivity contribution is 5.77. The minimum Gasteiger partial charge on any atom is -0.481 e. The minimum absolute atomic E-state index is 0.229. The Balaban J connectivity index is 2.16. The molecule has 2 aromatic rings. The highest BCUT2D eigenvalue weighted by atomic mass is 16.4. The molecule has 0 fully saturated rings. The third kappa shape index (κ3) is 1.93. The van der Waals surface area contributed by atoms with E-state index in [1.807, 2.05) is 30.3 Å². The van der Waals surface area contributed by atoms with E-state index in [1.165, 1.54) is 0 Å². The highest BCUT2D eigenvalue weighted by Gasteiger charge is 2.32. The molecule has 0 bridgehead atoms. The highest BCUT2D eigenvalue weighted by Crippen LogP contribution is 2.30. The number of aliphatic carboxylic acids is 1. The van der Waals surface area contributed by atoms with E-state index >= 15 is 0 Å². The van der Waals surface area contributed by atoms with E-state index in [0.29, 0.717) is 29.9 Å². The van der Waals surface area contributed by atoms with Crippen molar-refractivity contribution in [2.75, 3.05) is 0 Å². The second-order valence-corrected chi connectivity index (χ2v) is 4.57. The molecular weight excluding hydrogens is 244 g/mol. The molecule has 0 aliphatic heterocycles. The Labute approximate surface area is 108 Å². The van der Waals surface area contributed by atoms with Crippen LogP contribution in [0.4, 0.5) is 0 Å². The first kappa shape index (κ1) is 11.6. The first-order valence-electron chi connectivity index (χ1n) is 6.08. The number of nitrogens with zero attached hydrogens (tertiary/aromatic N) is 1. The van der Waals surface area contributed by atoms with Gasteiger partial charge >= 0.3 is 5.97 Å². The maximum absolute atomic E-state index is 12.0. The lowest BCUT2D eigenvalue weighted by Gasteiger charge is -2.07. The van der Waals surface area contributed by atoms with Gasteiger partial charge in [0.05, 0.1) is 11.6 Å². The molecular formula is C14H12N2O3. The second kappa shape index (κ2) is 4.35. The largest absolute Gasteiger partial charge is 0.481 e. The van der Waals surface area contributed by atoms with E-state index in [-0.39, 0.29) is 5.56 Å². The summed E-state index contributed by atoms with van der Waals surface area (Å²) in [5.41, 5.74) is 1.47. The number of carbonyl (C=O) groups is 1. The molecule has 1 unspecified atom stereocenters. The Bertz CT molecular complexity index is 692. The summed E-state index contributed by atoms with van der Waals surface area (Å²) in [6.45, 7) is 0. The van der Waals surface area contributed by atoms with Crippen LogP contribution < -0.4 is 5.56 Å². The van der Waals surface area contributed by atoms with Gasteiger partial charge in [0.25, 0.3) is 5.56 Å². The van der Waals surface area contributed by atoms with Gasteiger partial charge in [0.2, 0.25) is 0 Å². The monoisotopic (exact) mass is 256 g/mol. The molecule has 3 rings (SSSR count). The van der Waals surface area contributed by atoms with Gasteiger partial charge in [0, 0.05) is 11.1 Å². The number of nitrogens with one attached hydrogen (secondary N) is 1. The van der Waals surface area contributed by atoms with E-state index in [2.05, 4.69) is 9.97 Å². The first-order chi connectivity index (χ1) is 9.16. The summed E-state index contributed by atoms with van der Waals surface area (Å²) in [5, 5.41) is 9.16. The molecule has 0 spiro atoms. The van der Waals surface area contributed by atoms with E-state index in [1.54, 1.807) is 0 Å². The zero-order valence-corrected chi connectivity index (χ0v) is 10.1. The van der Waals surface area contributed by atoms with Crippen molar-refractivity contribution in [2.45, 2.75) is 18.8 Å². The molecule has 1 atom stereocenters. The van der Waals surface area contributed by atoms with Gasteiger partial charge in [-0.2, -0.15) is 0 Å². The maximum Gasteiger partial charge on any atom is 0.312 e. The number of aromatic nitrogens is 2. The molecule has 19 heavy (non-hydrogen) atoms. The predicted octanol–water partition coefficient (Wildman–Crippen LogP) is 1.55. The molecule has 5 heteroatoms. The van der Waals surface area contributed by atoms with Gasteiger partial charge in [0.15, 0.2) is 0 Å². The Morgan fingerprint density at radius 1 is 1.32 bits per heavy atom. The van der Waals surface area contributed by atoms with Crippen molar-refractivity contribution in [1.82, 2.24) is 9.97 Å². The number of fused-ring (bicyclic) bond motifs is 1. The molecule has 1 aliphatic carbocycles. The zero-order valence-electron chi connectivity index (χ0n) is 10.1. The van der Waals surface area contributed by atoms with E-state index in [0.717, 1.165) is 5.56 Å². The van der Waals surface area contributed by atoms with Gasteiger partial charge in [-0.3, -0.25) is 9.59 Å². The van der Waals surface area contributed by atoms with Crippen LogP contribution in [0.25, 0.3) is 11.4 Å². The Morgan fingerprint density at radius 3 is 2.74 bits per heavy atom. The number of carboxylic acid groups (broad SMARTS) is 1. The summed E-state index contributed by atoms with van der Waals surface area (Å²) >= 11 is 0. The average molecular weight is 256 g/mol. The smallest absolute Gasteiger partial charge is 0.312 e. The van der Waals surface area contributed by atoms with E-state index in [9.17, 15) is 9.59 Å². The summed E-state index contributed by atoms with van der Waals surface area (Å²) in [5.74, 6) is -1.16. The summed E-state index contributed by atoms with van der Waals surface area (Å²) in [6, 6.07) is 9.22. The Hall–Kier alpha value is -2.43. The fraction of sp³-hybridized carbons (Fsp3) is 0.214. The van der Waals surface area contributed by atoms with Crippen LogP contribution in [0.3, 0.4) is 0 Å². The molecule has 5 nitrogen and oxygen atoms in total. The van der Waals surface area contributed by atoms with E-state index < -0.39 is 11.9 Å². The molecule has 0 amide bonds. The van der Waals surface area contributed by atoms with Crippen molar-refractivity contribution >= 4 is 5.97 Å². The van der Waals surface area contributed by atoms with Crippen LogP contribution in [-0.4, -0.2) is 21.0 Å². The molecule has 0 radical (unpaired) electrons. The normalized spacial score (nSPS) is 17.2. The number of hydrogen-bond acceptors (Lipinski definition) is 3. The third-order valence-corrected chi connectivity index (χ3v) is 3.41. The molecule has 1 aromatic carbocycles. The summed E-state index contributed by atoms with van der Waals surface area (Å²) in [7, 11) is 0. The lowest BCUT2D eigenvalue weighted by Crippen LogP contribution is -2.17. The van der Waals surface area contributed by atoms with Crippen molar-refractivity contribution in [3.05, 3.63) is 51.9 Å². The molecule has 0 saturated carbocycles. The van der Waals surface area contributed by atoms with Crippen LogP contribution in [0.2, 0.25) is 0 Å². The summed E-state index contributed by atoms with van der Waals surface area (Å²) < 4.78 is 0. The van der Waals surface area contributed by atoms with Crippen LogP contribution in [0, 0.1) is 0 Å². The SMILES string of the molecule is O=C(O)C1CCc2c1nc(-c1ccccc1)[nH]c2=O. The summed E-state index contributed by atoms with van der Waals surface area (Å²) in [4.78, 5) is 30.2. The lowest BCUT2D eigenvalue weighted by atomic mass is 10.1. The Kier molecular flexibility index (Phi) is 2.67. The minimum atomic E-state index is -0.920. The van der Waals surface area contributed by atoms with Gasteiger partial charge in [-0.15, -0.1) is 0 Å². The first-order valence-corrected chi connectivity index (χ1v) is 6.08. The van der Waals surface area contributed by atoms with Crippen LogP contribution >= 0.6 is 0 Å². The third-order valence-electron chi connectivity index (χ3n) is 3.41. The number of H-pyrrole nitrogens is 1. The number of rotatable bonds is 2. The molecule has 1 aromatic heterocycles. The van der Waals surface area contributed by atoms with Crippen molar-refractivity contribution in [3.63, 3.8) is 0 Å². The topological polar surface area (TPSA) is 83.0 Å². The van der Waals surface area contributed by atoms with Gasteiger partial charge in [0.1, 0.15) is 5.82 Å².